The van der Waals surface area contributed by atoms with Gasteiger partial charge in [-0.2, -0.15) is 0 Å². The average Bonchev–Trinajstić information content (AvgIpc) is 3.67. The first-order chi connectivity index (χ1) is 33.2. The predicted molar refractivity (Wildman–Crippen MR) is 254 cm³/mol. The molecule has 0 unspecified atom stereocenters. The van der Waals surface area contributed by atoms with Gasteiger partial charge in [0.15, 0.2) is 17.3 Å². The largest absolute Gasteiger partial charge is 0.508 e. The number of hydrogen-bond donors (Lipinski definition) is 8. The molecule has 70 heavy (non-hydrogen) atoms. The zero-order chi connectivity index (χ0) is 50.1. The van der Waals surface area contributed by atoms with Gasteiger partial charge in [0.2, 0.25) is 11.6 Å². The van der Waals surface area contributed by atoms with E-state index in [0.29, 0.717) is 60.4 Å². The molecule has 0 aromatic heterocycles. The number of aromatic hydroxyl groups is 1. The van der Waals surface area contributed by atoms with Crippen molar-refractivity contribution in [2.75, 3.05) is 26.9 Å². The van der Waals surface area contributed by atoms with E-state index >= 15 is 0 Å². The number of aliphatic hydroxyl groups excluding tert-OH is 4. The van der Waals surface area contributed by atoms with E-state index in [1.165, 1.54) is 30.7 Å². The number of primary amides is 1. The number of methoxy groups -OCH3 is 1. The summed E-state index contributed by atoms with van der Waals surface area (Å²) in [7, 11) is 1.52. The van der Waals surface area contributed by atoms with Crippen molar-refractivity contribution < 1.29 is 59.0 Å². The third kappa shape index (κ3) is 7.14. The third-order valence-electron chi connectivity index (χ3n) is 20.6. The first-order valence-corrected chi connectivity index (χ1v) is 25.7. The molecule has 17 atom stereocenters. The van der Waals surface area contributed by atoms with Crippen LogP contribution in [0.2, 0.25) is 0 Å². The number of carbonyl (C=O) groups excluding carboxylic acids is 5. The van der Waals surface area contributed by atoms with Crippen LogP contribution in [-0.2, 0) is 35.1 Å². The topological polar surface area (TPSA) is 282 Å². The van der Waals surface area contributed by atoms with Gasteiger partial charge < -0.3 is 56.7 Å². The number of aliphatic hydroxyl groups is 4. The molecule has 3 heterocycles. The van der Waals surface area contributed by atoms with Gasteiger partial charge in [-0.05, 0) is 159 Å². The number of nitrogens with two attached hydrogens (primary N) is 2. The minimum absolute atomic E-state index is 0.0541. The highest BCUT2D eigenvalue weighted by Gasteiger charge is 2.73. The van der Waals surface area contributed by atoms with Crippen molar-refractivity contribution in [2.24, 2.45) is 69.1 Å². The second-order valence-electron chi connectivity index (χ2n) is 23.5. The summed E-state index contributed by atoms with van der Waals surface area (Å²) in [4.78, 5) is 62.6. The van der Waals surface area contributed by atoms with Crippen molar-refractivity contribution in [2.45, 2.75) is 147 Å². The lowest BCUT2D eigenvalue weighted by Crippen LogP contribution is -2.57. The molecule has 5 saturated carbocycles. The quantitative estimate of drug-likeness (QED) is 0.155. The van der Waals surface area contributed by atoms with Crippen molar-refractivity contribution in [3.63, 3.8) is 0 Å². The van der Waals surface area contributed by atoms with Gasteiger partial charge in [-0.25, -0.2) is 4.79 Å². The minimum Gasteiger partial charge on any atom is -0.508 e. The molecule has 380 valence electrons. The number of fused-ring (bicyclic) bond motifs is 14. The molecule has 10 N–H and O–H groups in total. The molecule has 0 spiro atoms. The van der Waals surface area contributed by atoms with Gasteiger partial charge in [-0.3, -0.25) is 19.2 Å². The van der Waals surface area contributed by atoms with Crippen molar-refractivity contribution >= 4 is 29.2 Å². The van der Waals surface area contributed by atoms with Crippen molar-refractivity contribution in [3.8, 4) is 5.75 Å². The van der Waals surface area contributed by atoms with Gasteiger partial charge in [0, 0.05) is 43.2 Å². The summed E-state index contributed by atoms with van der Waals surface area (Å²) in [5.41, 5.74) is 14.2. The second kappa shape index (κ2) is 17.4. The average molecular weight is 969 g/mol. The standard InChI is InChI=1S/C21H30O4.C18H24O3.C15H18N4O5/c1-20-8-7-13(23)9-12(20)3-4-14-15-5-6-16(18(25)11-22)21(15,2)10-17(24)19(14)20;1-18-7-6-13-12-5-3-11(19)8-10(12)2-4-14(13)15(18)9-16(20)17(18)21;1-5-9(16)12(21)8-6(4-24-14(17)22)15(23-2)13-7(18-13)3-19(15)10(8)11(5)20/h9,14-17,19,22,24H,3-8,10-11H2,1-2H3;3,5,8,13-17,19-21H,2,4,6-7,9H2,1H3;6-7,13,18H,3-4,16H2,1-2H3,(H2,17,22)/t14-,15-,16+,17-,19+,20-,21-;13-,14-,15+,16-,17+,18+;6-,7+,13+,15-/m011/s1. The first-order valence-electron chi connectivity index (χ1n) is 25.7. The summed E-state index contributed by atoms with van der Waals surface area (Å²) in [6.45, 7) is 8.12. The molecule has 8 aliphatic carbocycles. The molecule has 16 heteroatoms. The zero-order valence-corrected chi connectivity index (χ0v) is 41.1. The fourth-order valence-corrected chi connectivity index (χ4v) is 17.2. The number of Topliss-reactive ketones (excluding diaryl/α,β-unsaturated/α-hetero) is 3. The normalized spacial score (nSPS) is 43.6. The number of allylic oxidation sites excluding steroid dienone is 3. The number of phenolic OH excluding ortho intramolecular Hbond substituents is 1. The number of benzene rings is 1. The first kappa shape index (κ1) is 49.1. The van der Waals surface area contributed by atoms with Gasteiger partial charge in [0.25, 0.3) is 0 Å². The molecular weight excluding hydrogens is 897 g/mol. The number of piperazine rings is 1. The Kier molecular flexibility index (Phi) is 12.2. The van der Waals surface area contributed by atoms with Crippen molar-refractivity contribution in [1.82, 2.24) is 10.2 Å². The summed E-state index contributed by atoms with van der Waals surface area (Å²) in [6, 6.07) is 5.91. The second-order valence-corrected chi connectivity index (χ2v) is 23.5. The molecule has 1 aromatic carbocycles. The van der Waals surface area contributed by atoms with E-state index in [1.807, 2.05) is 17.0 Å². The number of amides is 1. The van der Waals surface area contributed by atoms with Crippen LogP contribution in [0.15, 0.2) is 52.4 Å². The van der Waals surface area contributed by atoms with Crippen LogP contribution in [0.1, 0.15) is 115 Å². The van der Waals surface area contributed by atoms with Crippen LogP contribution in [-0.4, -0.2) is 123 Å². The van der Waals surface area contributed by atoms with E-state index in [9.17, 15) is 49.5 Å². The zero-order valence-electron chi connectivity index (χ0n) is 41.1. The number of carbonyl (C=O) groups is 5. The van der Waals surface area contributed by atoms with Crippen LogP contribution in [0, 0.1) is 57.7 Å². The smallest absolute Gasteiger partial charge is 0.404 e. The summed E-state index contributed by atoms with van der Waals surface area (Å²) >= 11 is 0. The summed E-state index contributed by atoms with van der Waals surface area (Å²) in [5, 5.41) is 54.0. The van der Waals surface area contributed by atoms with Crippen LogP contribution in [0.5, 0.6) is 5.75 Å². The monoisotopic (exact) mass is 969 g/mol. The Labute approximate surface area is 409 Å². The summed E-state index contributed by atoms with van der Waals surface area (Å²) < 4.78 is 10.8. The van der Waals surface area contributed by atoms with Gasteiger partial charge >= 0.3 is 6.09 Å². The van der Waals surface area contributed by atoms with E-state index in [4.69, 9.17) is 20.9 Å². The molecule has 0 bridgehead atoms. The van der Waals surface area contributed by atoms with Gasteiger partial charge in [-0.15, -0.1) is 0 Å². The molecule has 7 fully saturated rings. The Morgan fingerprint density at radius 1 is 0.914 bits per heavy atom. The molecular formula is C54H72N4O12. The van der Waals surface area contributed by atoms with Gasteiger partial charge in [-0.1, -0.05) is 32.4 Å². The SMILES string of the molecule is CO[C@@]12[C@H](COC(N)=O)C3=C(C(=O)C(C)=C(N)C3=O)N1C[C@@H]1N[C@@H]12.C[C@]12CC[C@@H]3c4ccc(O)cc4CC[C@H]3[C@@H]1C[C@@H](O)[C@@H]2O.C[C@]12C[C@H](O)[C@H]3[C@@H](CCC4=CC(=O)CC[C@@]43C)[C@@H]1CC[C@@H]2C(=O)CO. The summed E-state index contributed by atoms with van der Waals surface area (Å²) in [6.07, 6.45) is 10.2. The van der Waals surface area contributed by atoms with Crippen LogP contribution < -0.4 is 16.8 Å². The van der Waals surface area contributed by atoms with Crippen LogP contribution >= 0.6 is 0 Å². The lowest BCUT2D eigenvalue weighted by Gasteiger charge is -2.59. The molecule has 12 rings (SSSR count). The molecule has 3 aliphatic heterocycles. The number of ether oxygens (including phenoxy) is 2. The van der Waals surface area contributed by atoms with Crippen LogP contribution in [0.3, 0.4) is 0 Å². The number of rotatable bonds is 5. The highest BCUT2D eigenvalue weighted by Crippen LogP contribution is 2.67. The third-order valence-corrected chi connectivity index (χ3v) is 20.6. The molecule has 11 aliphatic rings. The molecule has 0 radical (unpaired) electrons. The Balaban J connectivity index is 0.000000122. The summed E-state index contributed by atoms with van der Waals surface area (Å²) in [5.74, 6) is 1.65. The van der Waals surface area contributed by atoms with E-state index in [1.54, 1.807) is 6.07 Å². The van der Waals surface area contributed by atoms with Crippen LogP contribution in [0.4, 0.5) is 4.79 Å². The van der Waals surface area contributed by atoms with Crippen LogP contribution in [0.25, 0.3) is 0 Å². The molecule has 2 saturated heterocycles. The number of hydrogen-bond acceptors (Lipinski definition) is 15. The minimum atomic E-state index is -0.957. The Morgan fingerprint density at radius 2 is 1.66 bits per heavy atom. The predicted octanol–water partition coefficient (Wildman–Crippen LogP) is 3.60. The van der Waals surface area contributed by atoms with E-state index in [-0.39, 0.29) is 87.6 Å². The van der Waals surface area contributed by atoms with E-state index < -0.39 is 41.8 Å². The van der Waals surface area contributed by atoms with Gasteiger partial charge in [0.1, 0.15) is 19.0 Å². The molecule has 16 nitrogen and oxygen atoms in total. The maximum absolute atomic E-state index is 12.8. The fourth-order valence-electron chi connectivity index (χ4n) is 17.2. The number of phenols is 1. The lowest BCUT2D eigenvalue weighted by molar-refractivity contribution is -0.146. The van der Waals surface area contributed by atoms with Gasteiger partial charge in [0.05, 0.1) is 41.7 Å². The fraction of sp³-hybridized carbons (Fsp3) is 0.685. The number of aryl methyl sites for hydroxylation is 1. The maximum Gasteiger partial charge on any atom is 0.404 e. The lowest BCUT2D eigenvalue weighted by atomic mass is 9.46. The molecule has 1 amide bonds. The van der Waals surface area contributed by atoms with E-state index in [0.717, 1.165) is 64.2 Å². The Morgan fingerprint density at radius 3 is 2.37 bits per heavy atom. The number of nitrogens with zero attached hydrogens (tertiary/aromatic N) is 1. The van der Waals surface area contributed by atoms with E-state index in [2.05, 4.69) is 32.2 Å². The Hall–Kier alpha value is -4.45. The number of nitrogens with one attached hydrogen (secondary N) is 1. The van der Waals surface area contributed by atoms with Crippen molar-refractivity contribution in [3.05, 3.63) is 63.5 Å². The van der Waals surface area contributed by atoms with Crippen molar-refractivity contribution in [1.29, 1.82) is 0 Å². The Bertz CT molecular complexity index is 2500. The highest BCUT2D eigenvalue weighted by molar-refractivity contribution is 6.25. The molecule has 1 aromatic rings. The maximum atomic E-state index is 12.8. The highest BCUT2D eigenvalue weighted by atomic mass is 16.6. The number of ketones is 4.